The Kier molecular flexibility index (Phi) is 6.65. The first kappa shape index (κ1) is 17.1. The minimum absolute atomic E-state index is 0.0782. The largest absolute Gasteiger partial charge is 0.480 e. The fourth-order valence-corrected chi connectivity index (χ4v) is 2.31. The van der Waals surface area contributed by atoms with Crippen molar-refractivity contribution < 1.29 is 9.90 Å². The van der Waals surface area contributed by atoms with Crippen molar-refractivity contribution in [1.29, 1.82) is 0 Å². The van der Waals surface area contributed by atoms with E-state index in [1.165, 1.54) is 0 Å². The molecule has 0 aliphatic rings. The number of nitrogens with zero attached hydrogens (tertiary/aromatic N) is 2. The van der Waals surface area contributed by atoms with Gasteiger partial charge in [-0.25, -0.2) is 0 Å². The monoisotopic (exact) mass is 314 g/mol. The van der Waals surface area contributed by atoms with E-state index in [0.29, 0.717) is 6.42 Å². The maximum Gasteiger partial charge on any atom is 0.320 e. The van der Waals surface area contributed by atoms with E-state index in [2.05, 4.69) is 15.3 Å². The summed E-state index contributed by atoms with van der Waals surface area (Å²) in [6.07, 6.45) is 5.61. The van der Waals surface area contributed by atoms with Gasteiger partial charge in [0, 0.05) is 12.4 Å². The predicted octanol–water partition coefficient (Wildman–Crippen LogP) is 1.74. The summed E-state index contributed by atoms with van der Waals surface area (Å²) in [6.45, 7) is 0.740. The number of hydrogen-bond donors (Lipinski definition) is 3. The van der Waals surface area contributed by atoms with Crippen LogP contribution in [-0.2, 0) is 4.79 Å². The second-order valence-corrected chi connectivity index (χ2v) is 5.34. The van der Waals surface area contributed by atoms with Crippen molar-refractivity contribution in [2.24, 2.45) is 5.73 Å². The van der Waals surface area contributed by atoms with Gasteiger partial charge in [0.2, 0.25) is 0 Å². The standard InChI is InChI=1S/C17H22N4O2/c18-13(17(22)23)7-1-4-12-21-16(14-8-2-5-10-19-14)15-9-3-6-11-20-15/h2-3,5-6,8-11,13,16,21H,1,4,7,12,18H2,(H,22,23)/t13-/m0/s1. The molecule has 0 amide bonds. The van der Waals surface area contributed by atoms with Crippen LogP contribution in [0.25, 0.3) is 0 Å². The molecule has 0 saturated heterocycles. The number of carboxylic acids is 1. The third-order valence-electron chi connectivity index (χ3n) is 3.57. The highest BCUT2D eigenvalue weighted by Crippen LogP contribution is 2.17. The molecule has 0 saturated carbocycles. The number of hydrogen-bond acceptors (Lipinski definition) is 5. The maximum absolute atomic E-state index is 10.7. The normalized spacial score (nSPS) is 12.3. The highest BCUT2D eigenvalue weighted by atomic mass is 16.4. The molecule has 4 N–H and O–H groups in total. The summed E-state index contributed by atoms with van der Waals surface area (Å²) in [5, 5.41) is 12.2. The molecular weight excluding hydrogens is 292 g/mol. The first-order valence-electron chi connectivity index (χ1n) is 7.72. The van der Waals surface area contributed by atoms with E-state index in [-0.39, 0.29) is 6.04 Å². The van der Waals surface area contributed by atoms with E-state index in [4.69, 9.17) is 10.8 Å². The van der Waals surface area contributed by atoms with Crippen molar-refractivity contribution in [1.82, 2.24) is 15.3 Å². The van der Waals surface area contributed by atoms with Gasteiger partial charge < -0.3 is 16.2 Å². The van der Waals surface area contributed by atoms with Gasteiger partial charge in [-0.2, -0.15) is 0 Å². The highest BCUT2D eigenvalue weighted by molar-refractivity contribution is 5.72. The molecule has 122 valence electrons. The summed E-state index contributed by atoms with van der Waals surface area (Å²) in [7, 11) is 0. The molecule has 0 aromatic carbocycles. The fraction of sp³-hybridized carbons (Fsp3) is 0.353. The number of carbonyl (C=O) groups is 1. The van der Waals surface area contributed by atoms with Gasteiger partial charge in [-0.1, -0.05) is 18.6 Å². The Hall–Kier alpha value is -2.31. The lowest BCUT2D eigenvalue weighted by atomic mass is 10.1. The van der Waals surface area contributed by atoms with Crippen molar-refractivity contribution >= 4 is 5.97 Å². The van der Waals surface area contributed by atoms with Crippen molar-refractivity contribution in [2.75, 3.05) is 6.54 Å². The van der Waals surface area contributed by atoms with E-state index >= 15 is 0 Å². The minimum atomic E-state index is -0.946. The number of aromatic nitrogens is 2. The molecule has 6 nitrogen and oxygen atoms in total. The number of aliphatic carboxylic acids is 1. The molecule has 6 heteroatoms. The average Bonchev–Trinajstić information content (AvgIpc) is 2.59. The van der Waals surface area contributed by atoms with E-state index in [1.807, 2.05) is 36.4 Å². The molecule has 0 aliphatic carbocycles. The molecule has 2 aromatic heterocycles. The summed E-state index contributed by atoms with van der Waals surface area (Å²) in [6, 6.07) is 10.7. The highest BCUT2D eigenvalue weighted by Gasteiger charge is 2.16. The second-order valence-electron chi connectivity index (χ2n) is 5.34. The van der Waals surface area contributed by atoms with Gasteiger partial charge in [0.25, 0.3) is 0 Å². The van der Waals surface area contributed by atoms with Crippen LogP contribution in [0.3, 0.4) is 0 Å². The number of pyridine rings is 2. The van der Waals surface area contributed by atoms with Crippen molar-refractivity contribution in [3.63, 3.8) is 0 Å². The smallest absolute Gasteiger partial charge is 0.320 e. The van der Waals surface area contributed by atoms with Crippen LogP contribution in [0, 0.1) is 0 Å². The third kappa shape index (κ3) is 5.43. The van der Waals surface area contributed by atoms with E-state index in [1.54, 1.807) is 12.4 Å². The Morgan fingerprint density at radius 2 is 1.70 bits per heavy atom. The topological polar surface area (TPSA) is 101 Å². The van der Waals surface area contributed by atoms with Crippen LogP contribution >= 0.6 is 0 Å². The Morgan fingerprint density at radius 1 is 1.09 bits per heavy atom. The lowest BCUT2D eigenvalue weighted by molar-refractivity contribution is -0.138. The van der Waals surface area contributed by atoms with Gasteiger partial charge in [-0.15, -0.1) is 0 Å². The molecule has 0 spiro atoms. The van der Waals surface area contributed by atoms with Crippen LogP contribution in [-0.4, -0.2) is 33.6 Å². The quantitative estimate of drug-likeness (QED) is 0.609. The number of nitrogens with two attached hydrogens (primary N) is 1. The van der Waals surface area contributed by atoms with Crippen molar-refractivity contribution in [2.45, 2.75) is 31.3 Å². The molecule has 1 atom stereocenters. The SMILES string of the molecule is N[C@@H](CCCCNC(c1ccccn1)c1ccccn1)C(=O)O. The van der Waals surface area contributed by atoms with Crippen LogP contribution in [0.15, 0.2) is 48.8 Å². The molecule has 2 aromatic rings. The van der Waals surface area contributed by atoms with Crippen LogP contribution in [0.2, 0.25) is 0 Å². The Bertz CT molecular complexity index is 553. The summed E-state index contributed by atoms with van der Waals surface area (Å²) in [5.74, 6) is -0.946. The third-order valence-corrected chi connectivity index (χ3v) is 3.57. The molecule has 2 heterocycles. The first-order valence-corrected chi connectivity index (χ1v) is 7.72. The van der Waals surface area contributed by atoms with Gasteiger partial charge in [0.05, 0.1) is 17.4 Å². The Balaban J connectivity index is 1.91. The predicted molar refractivity (Wildman–Crippen MR) is 87.8 cm³/mol. The van der Waals surface area contributed by atoms with Crippen LogP contribution in [0.1, 0.15) is 36.7 Å². The molecule has 23 heavy (non-hydrogen) atoms. The van der Waals surface area contributed by atoms with E-state index in [0.717, 1.165) is 30.8 Å². The average molecular weight is 314 g/mol. The zero-order valence-electron chi connectivity index (χ0n) is 12.9. The summed E-state index contributed by atoms with van der Waals surface area (Å²) < 4.78 is 0. The molecule has 0 unspecified atom stereocenters. The van der Waals surface area contributed by atoms with E-state index in [9.17, 15) is 4.79 Å². The molecule has 2 rings (SSSR count). The van der Waals surface area contributed by atoms with Gasteiger partial charge in [0.1, 0.15) is 6.04 Å². The molecular formula is C17H22N4O2. The number of nitrogens with one attached hydrogen (secondary N) is 1. The number of carboxylic acid groups (broad SMARTS) is 1. The van der Waals surface area contributed by atoms with Crippen molar-refractivity contribution in [3.05, 3.63) is 60.2 Å². The maximum atomic E-state index is 10.7. The molecule has 0 aliphatic heterocycles. The van der Waals surface area contributed by atoms with Crippen molar-refractivity contribution in [3.8, 4) is 0 Å². The van der Waals surface area contributed by atoms with E-state index < -0.39 is 12.0 Å². The van der Waals surface area contributed by atoms with Gasteiger partial charge in [0.15, 0.2) is 0 Å². The lowest BCUT2D eigenvalue weighted by Crippen LogP contribution is -2.30. The first-order chi connectivity index (χ1) is 11.2. The number of rotatable bonds is 9. The summed E-state index contributed by atoms with van der Waals surface area (Å²) in [5.41, 5.74) is 7.32. The summed E-state index contributed by atoms with van der Waals surface area (Å²) in [4.78, 5) is 19.5. The van der Waals surface area contributed by atoms with Gasteiger partial charge in [-0.05, 0) is 43.7 Å². The van der Waals surface area contributed by atoms with Crippen LogP contribution in [0.5, 0.6) is 0 Å². The Labute approximate surface area is 135 Å². The molecule has 0 bridgehead atoms. The van der Waals surface area contributed by atoms with Crippen LogP contribution < -0.4 is 11.1 Å². The van der Waals surface area contributed by atoms with Crippen LogP contribution in [0.4, 0.5) is 0 Å². The fourth-order valence-electron chi connectivity index (χ4n) is 2.31. The molecule has 0 radical (unpaired) electrons. The second kappa shape index (κ2) is 8.97. The zero-order chi connectivity index (χ0) is 16.5. The molecule has 0 fully saturated rings. The van der Waals surface area contributed by atoms with Gasteiger partial charge in [-0.3, -0.25) is 14.8 Å². The lowest BCUT2D eigenvalue weighted by Gasteiger charge is -2.18. The zero-order valence-corrected chi connectivity index (χ0v) is 12.9. The summed E-state index contributed by atoms with van der Waals surface area (Å²) >= 11 is 0. The van der Waals surface area contributed by atoms with Gasteiger partial charge >= 0.3 is 5.97 Å². The number of unbranched alkanes of at least 4 members (excludes halogenated alkanes) is 1. The Morgan fingerprint density at radius 3 is 2.17 bits per heavy atom. The minimum Gasteiger partial charge on any atom is -0.480 e.